The van der Waals surface area contributed by atoms with E-state index in [0.717, 1.165) is 25.4 Å². The zero-order valence-electron chi connectivity index (χ0n) is 15.6. The second kappa shape index (κ2) is 7.76. The average molecular weight is 357 g/mol. The van der Waals surface area contributed by atoms with Crippen LogP contribution in [0.4, 0.5) is 0 Å². The Morgan fingerprint density at radius 3 is 2.81 bits per heavy atom. The van der Waals surface area contributed by atoms with Gasteiger partial charge in [0.25, 0.3) is 0 Å². The van der Waals surface area contributed by atoms with Gasteiger partial charge in [-0.1, -0.05) is 12.1 Å². The molecule has 6 heteroatoms. The third-order valence-corrected chi connectivity index (χ3v) is 5.06. The summed E-state index contributed by atoms with van der Waals surface area (Å²) in [6.07, 6.45) is 5.27. The Bertz CT molecular complexity index is 727. The van der Waals surface area contributed by atoms with Crippen LogP contribution in [-0.4, -0.2) is 40.4 Å². The molecule has 4 rings (SSSR count). The van der Waals surface area contributed by atoms with Gasteiger partial charge in [-0.25, -0.2) is 0 Å². The summed E-state index contributed by atoms with van der Waals surface area (Å²) >= 11 is 0. The van der Waals surface area contributed by atoms with Crippen LogP contribution in [0.1, 0.15) is 56.1 Å². The van der Waals surface area contributed by atoms with E-state index in [9.17, 15) is 0 Å². The average Bonchev–Trinajstić information content (AvgIpc) is 3.26. The molecule has 0 spiro atoms. The maximum atomic E-state index is 6.14. The van der Waals surface area contributed by atoms with Crippen molar-refractivity contribution in [2.75, 3.05) is 13.1 Å². The molecular formula is C20H27N3O3. The largest absolute Gasteiger partial charge is 0.490 e. The number of aromatic nitrogens is 2. The maximum Gasteiger partial charge on any atom is 0.246 e. The van der Waals surface area contributed by atoms with Gasteiger partial charge in [0.2, 0.25) is 11.8 Å². The molecule has 0 amide bonds. The zero-order valence-corrected chi connectivity index (χ0v) is 15.6. The van der Waals surface area contributed by atoms with E-state index >= 15 is 0 Å². The van der Waals surface area contributed by atoms with Gasteiger partial charge in [0.1, 0.15) is 11.9 Å². The molecule has 140 valence electrons. The molecule has 1 saturated carbocycles. The van der Waals surface area contributed by atoms with Gasteiger partial charge in [-0.15, -0.1) is 10.2 Å². The van der Waals surface area contributed by atoms with E-state index < -0.39 is 0 Å². The second-order valence-electron chi connectivity index (χ2n) is 7.46. The standard InChI is InChI=1S/C20H27N3O3/c1-14-11-23(13-19(24-14)20-22-21-15(2)25-20)12-16-6-5-9-18(10-16)26-17-7-3-4-8-17/h5-6,9-10,14,17,19H,3-4,7-8,11-13H2,1-2H3/t14-,19-/m1/s1. The number of aryl methyl sites for hydroxylation is 1. The molecular weight excluding hydrogens is 330 g/mol. The van der Waals surface area contributed by atoms with Gasteiger partial charge >= 0.3 is 0 Å². The minimum absolute atomic E-state index is 0.124. The predicted octanol–water partition coefficient (Wildman–Crippen LogP) is 3.66. The smallest absolute Gasteiger partial charge is 0.246 e. The summed E-state index contributed by atoms with van der Waals surface area (Å²) in [6, 6.07) is 8.48. The summed E-state index contributed by atoms with van der Waals surface area (Å²) in [5.74, 6) is 2.13. The number of morpholine rings is 1. The van der Waals surface area contributed by atoms with E-state index in [2.05, 4.69) is 46.3 Å². The molecule has 0 unspecified atom stereocenters. The normalized spacial score (nSPS) is 24.8. The lowest BCUT2D eigenvalue weighted by Crippen LogP contribution is -2.42. The lowest BCUT2D eigenvalue weighted by atomic mass is 10.1. The molecule has 2 aromatic rings. The quantitative estimate of drug-likeness (QED) is 0.814. The van der Waals surface area contributed by atoms with Crippen LogP contribution in [-0.2, 0) is 11.3 Å². The second-order valence-corrected chi connectivity index (χ2v) is 7.46. The number of benzene rings is 1. The number of rotatable bonds is 5. The fourth-order valence-corrected chi connectivity index (χ4v) is 3.92. The van der Waals surface area contributed by atoms with Crippen molar-refractivity contribution in [1.29, 1.82) is 0 Å². The highest BCUT2D eigenvalue weighted by Gasteiger charge is 2.30. The highest BCUT2D eigenvalue weighted by atomic mass is 16.5. The van der Waals surface area contributed by atoms with Crippen molar-refractivity contribution < 1.29 is 13.9 Å². The van der Waals surface area contributed by atoms with Crippen molar-refractivity contribution in [2.24, 2.45) is 0 Å². The van der Waals surface area contributed by atoms with E-state index in [4.69, 9.17) is 13.9 Å². The molecule has 1 aliphatic carbocycles. The van der Waals surface area contributed by atoms with E-state index in [-0.39, 0.29) is 12.2 Å². The molecule has 0 radical (unpaired) electrons. The van der Waals surface area contributed by atoms with Crippen LogP contribution < -0.4 is 4.74 Å². The fraction of sp³-hybridized carbons (Fsp3) is 0.600. The summed E-state index contributed by atoms with van der Waals surface area (Å²) in [5.41, 5.74) is 1.26. The highest BCUT2D eigenvalue weighted by Crippen LogP contribution is 2.27. The molecule has 2 fully saturated rings. The summed E-state index contributed by atoms with van der Waals surface area (Å²) < 4.78 is 17.7. The molecule has 2 atom stereocenters. The fourth-order valence-electron chi connectivity index (χ4n) is 3.92. The Hall–Kier alpha value is -1.92. The van der Waals surface area contributed by atoms with E-state index in [1.54, 1.807) is 6.92 Å². The van der Waals surface area contributed by atoms with E-state index in [1.807, 2.05) is 0 Å². The van der Waals surface area contributed by atoms with Gasteiger partial charge in [-0.3, -0.25) is 4.90 Å². The summed E-state index contributed by atoms with van der Waals surface area (Å²) in [5, 5.41) is 8.05. The molecule has 1 saturated heterocycles. The van der Waals surface area contributed by atoms with Crippen molar-refractivity contribution in [2.45, 2.75) is 64.4 Å². The Balaban J connectivity index is 1.41. The number of nitrogens with zero attached hydrogens (tertiary/aromatic N) is 3. The number of ether oxygens (including phenoxy) is 2. The van der Waals surface area contributed by atoms with Crippen LogP contribution in [0.3, 0.4) is 0 Å². The van der Waals surface area contributed by atoms with Gasteiger partial charge in [0.05, 0.1) is 12.2 Å². The molecule has 6 nitrogen and oxygen atoms in total. The highest BCUT2D eigenvalue weighted by molar-refractivity contribution is 5.28. The third kappa shape index (κ3) is 4.24. The van der Waals surface area contributed by atoms with Crippen LogP contribution >= 0.6 is 0 Å². The first-order valence-corrected chi connectivity index (χ1v) is 9.59. The summed E-state index contributed by atoms with van der Waals surface area (Å²) in [7, 11) is 0. The maximum absolute atomic E-state index is 6.14. The Morgan fingerprint density at radius 1 is 1.19 bits per heavy atom. The molecule has 2 aliphatic rings. The zero-order chi connectivity index (χ0) is 17.9. The van der Waals surface area contributed by atoms with Crippen LogP contribution in [0, 0.1) is 6.92 Å². The van der Waals surface area contributed by atoms with Crippen molar-refractivity contribution in [3.63, 3.8) is 0 Å². The lowest BCUT2D eigenvalue weighted by molar-refractivity contribution is -0.0917. The first kappa shape index (κ1) is 17.5. The van der Waals surface area contributed by atoms with Crippen LogP contribution in [0.15, 0.2) is 28.7 Å². The molecule has 1 aromatic carbocycles. The van der Waals surface area contributed by atoms with Crippen LogP contribution in [0.2, 0.25) is 0 Å². The summed E-state index contributed by atoms with van der Waals surface area (Å²) in [4.78, 5) is 2.38. The number of hydrogen-bond acceptors (Lipinski definition) is 6. The van der Waals surface area contributed by atoms with Crippen LogP contribution in [0.5, 0.6) is 5.75 Å². The molecule has 2 heterocycles. The van der Waals surface area contributed by atoms with Crippen molar-refractivity contribution >= 4 is 0 Å². The van der Waals surface area contributed by atoms with Gasteiger partial charge in [-0.2, -0.15) is 0 Å². The predicted molar refractivity (Wildman–Crippen MR) is 96.9 cm³/mol. The molecule has 1 aliphatic heterocycles. The number of hydrogen-bond donors (Lipinski definition) is 0. The van der Waals surface area contributed by atoms with Crippen molar-refractivity contribution in [3.8, 4) is 5.75 Å². The van der Waals surface area contributed by atoms with Gasteiger partial charge in [-0.05, 0) is 50.3 Å². The Morgan fingerprint density at radius 2 is 2.04 bits per heavy atom. The van der Waals surface area contributed by atoms with Gasteiger partial charge in [0, 0.05) is 26.6 Å². The van der Waals surface area contributed by atoms with Crippen molar-refractivity contribution in [3.05, 3.63) is 41.6 Å². The summed E-state index contributed by atoms with van der Waals surface area (Å²) in [6.45, 7) is 6.38. The minimum atomic E-state index is -0.169. The van der Waals surface area contributed by atoms with E-state index in [0.29, 0.717) is 17.9 Å². The first-order valence-electron chi connectivity index (χ1n) is 9.59. The minimum Gasteiger partial charge on any atom is -0.490 e. The van der Waals surface area contributed by atoms with Gasteiger partial charge in [0.15, 0.2) is 0 Å². The van der Waals surface area contributed by atoms with E-state index in [1.165, 1.54) is 31.2 Å². The monoisotopic (exact) mass is 357 g/mol. The van der Waals surface area contributed by atoms with Crippen molar-refractivity contribution in [1.82, 2.24) is 15.1 Å². The molecule has 0 bridgehead atoms. The molecule has 26 heavy (non-hydrogen) atoms. The Labute approximate surface area is 154 Å². The molecule has 0 N–H and O–H groups in total. The Kier molecular flexibility index (Phi) is 5.22. The topological polar surface area (TPSA) is 60.6 Å². The first-order chi connectivity index (χ1) is 12.7. The van der Waals surface area contributed by atoms with Gasteiger partial charge < -0.3 is 13.9 Å². The SMILES string of the molecule is Cc1nnc([C@H]2CN(Cc3cccc(OC4CCCC4)c3)C[C@@H](C)O2)o1. The molecule has 1 aromatic heterocycles. The van der Waals surface area contributed by atoms with Crippen LogP contribution in [0.25, 0.3) is 0 Å². The lowest BCUT2D eigenvalue weighted by Gasteiger charge is -2.35. The third-order valence-electron chi connectivity index (χ3n) is 5.06.